The Kier molecular flexibility index (Phi) is 3.94. The minimum atomic E-state index is -0.128. The van der Waals surface area contributed by atoms with Crippen molar-refractivity contribution < 1.29 is 14.3 Å². The third kappa shape index (κ3) is 2.76. The molecule has 1 saturated heterocycles. The second-order valence-electron chi connectivity index (χ2n) is 5.87. The summed E-state index contributed by atoms with van der Waals surface area (Å²) in [7, 11) is 0. The molecule has 2 aromatic carbocycles. The van der Waals surface area contributed by atoms with Gasteiger partial charge in [0.05, 0.1) is 6.04 Å². The van der Waals surface area contributed by atoms with E-state index in [2.05, 4.69) is 5.32 Å². The fourth-order valence-corrected chi connectivity index (χ4v) is 3.51. The summed E-state index contributed by atoms with van der Waals surface area (Å²) in [4.78, 5) is 14.5. The fourth-order valence-electron chi connectivity index (χ4n) is 3.25. The number of rotatable bonds is 2. The van der Waals surface area contributed by atoms with Crippen LogP contribution in [-0.2, 0) is 0 Å². The van der Waals surface area contributed by atoms with Gasteiger partial charge in [0.15, 0.2) is 11.5 Å². The number of carbonyl (C=O) groups excluding carboxylic acids is 1. The van der Waals surface area contributed by atoms with Crippen LogP contribution < -0.4 is 14.8 Å². The molecule has 0 unspecified atom stereocenters. The van der Waals surface area contributed by atoms with Gasteiger partial charge < -0.3 is 19.7 Å². The molecule has 0 radical (unpaired) electrons. The number of hydrogen-bond donors (Lipinski definition) is 1. The molecule has 0 aromatic heterocycles. The summed E-state index contributed by atoms with van der Waals surface area (Å²) in [6.45, 7) is 0.930. The quantitative estimate of drug-likeness (QED) is 0.876. The summed E-state index contributed by atoms with van der Waals surface area (Å²) in [5.74, 6) is 1.35. The SMILES string of the molecule is O=C(Nc1ccc2c(c1)OCO2)N1CCC[C@@H]1c1ccccc1Cl. The maximum Gasteiger partial charge on any atom is 0.322 e. The van der Waals surface area contributed by atoms with E-state index in [-0.39, 0.29) is 18.9 Å². The number of likely N-dealkylation sites (tertiary alicyclic amines) is 1. The van der Waals surface area contributed by atoms with Crippen LogP contribution in [0.2, 0.25) is 5.02 Å². The van der Waals surface area contributed by atoms with Crippen molar-refractivity contribution in [3.8, 4) is 11.5 Å². The number of urea groups is 1. The molecule has 2 aromatic rings. The number of carbonyl (C=O) groups is 1. The highest BCUT2D eigenvalue weighted by Crippen LogP contribution is 2.37. The van der Waals surface area contributed by atoms with E-state index in [4.69, 9.17) is 21.1 Å². The van der Waals surface area contributed by atoms with Crippen LogP contribution in [0.15, 0.2) is 42.5 Å². The Morgan fingerprint density at radius 2 is 2.00 bits per heavy atom. The molecular formula is C18H17ClN2O3. The summed E-state index contributed by atoms with van der Waals surface area (Å²) >= 11 is 6.31. The molecule has 124 valence electrons. The average molecular weight is 345 g/mol. The van der Waals surface area contributed by atoms with Gasteiger partial charge in [-0.15, -0.1) is 0 Å². The molecule has 2 aliphatic heterocycles. The molecule has 2 aliphatic rings. The van der Waals surface area contributed by atoms with Crippen LogP contribution in [0.3, 0.4) is 0 Å². The van der Waals surface area contributed by atoms with Gasteiger partial charge in [-0.2, -0.15) is 0 Å². The zero-order valence-electron chi connectivity index (χ0n) is 13.0. The number of amides is 2. The number of nitrogens with zero attached hydrogens (tertiary/aromatic N) is 1. The van der Waals surface area contributed by atoms with Gasteiger partial charge in [-0.25, -0.2) is 4.79 Å². The zero-order chi connectivity index (χ0) is 16.5. The van der Waals surface area contributed by atoms with E-state index < -0.39 is 0 Å². The highest BCUT2D eigenvalue weighted by atomic mass is 35.5. The van der Waals surface area contributed by atoms with Gasteiger partial charge in [0.25, 0.3) is 0 Å². The molecule has 2 heterocycles. The lowest BCUT2D eigenvalue weighted by molar-refractivity contribution is 0.174. The lowest BCUT2D eigenvalue weighted by Gasteiger charge is -2.26. The zero-order valence-corrected chi connectivity index (χ0v) is 13.8. The van der Waals surface area contributed by atoms with Crippen molar-refractivity contribution in [2.24, 2.45) is 0 Å². The number of ether oxygens (including phenoxy) is 2. The molecule has 1 atom stereocenters. The van der Waals surface area contributed by atoms with Crippen molar-refractivity contribution in [1.29, 1.82) is 0 Å². The van der Waals surface area contributed by atoms with Gasteiger partial charge in [-0.05, 0) is 36.6 Å². The first kappa shape index (κ1) is 15.1. The van der Waals surface area contributed by atoms with Crippen LogP contribution in [-0.4, -0.2) is 24.3 Å². The number of halogens is 1. The molecule has 24 heavy (non-hydrogen) atoms. The van der Waals surface area contributed by atoms with Crippen molar-refractivity contribution in [2.75, 3.05) is 18.7 Å². The predicted molar refractivity (Wildman–Crippen MR) is 91.7 cm³/mol. The molecule has 0 spiro atoms. The van der Waals surface area contributed by atoms with Gasteiger partial charge in [0, 0.05) is 23.3 Å². The van der Waals surface area contributed by atoms with Gasteiger partial charge in [0.2, 0.25) is 6.79 Å². The minimum absolute atomic E-state index is 0.00714. The summed E-state index contributed by atoms with van der Waals surface area (Å²) < 4.78 is 10.6. The van der Waals surface area contributed by atoms with Gasteiger partial charge >= 0.3 is 6.03 Å². The maximum atomic E-state index is 12.7. The van der Waals surface area contributed by atoms with Gasteiger partial charge in [-0.1, -0.05) is 29.8 Å². The normalized spacial score (nSPS) is 18.7. The Balaban J connectivity index is 1.52. The molecule has 4 rings (SSSR count). The molecule has 0 saturated carbocycles. The smallest absolute Gasteiger partial charge is 0.322 e. The van der Waals surface area contributed by atoms with E-state index in [0.29, 0.717) is 28.8 Å². The summed E-state index contributed by atoms with van der Waals surface area (Å²) in [5.41, 5.74) is 1.69. The van der Waals surface area contributed by atoms with E-state index in [9.17, 15) is 4.79 Å². The molecule has 6 heteroatoms. The van der Waals surface area contributed by atoms with Crippen molar-refractivity contribution in [1.82, 2.24) is 4.90 Å². The van der Waals surface area contributed by atoms with E-state index in [1.54, 1.807) is 12.1 Å². The third-order valence-electron chi connectivity index (χ3n) is 4.40. The number of anilines is 1. The van der Waals surface area contributed by atoms with Crippen LogP contribution in [0.25, 0.3) is 0 Å². The van der Waals surface area contributed by atoms with Crippen molar-refractivity contribution in [3.05, 3.63) is 53.1 Å². The highest BCUT2D eigenvalue weighted by molar-refractivity contribution is 6.31. The molecule has 5 nitrogen and oxygen atoms in total. The van der Waals surface area contributed by atoms with Crippen LogP contribution >= 0.6 is 11.6 Å². The predicted octanol–water partition coefficient (Wildman–Crippen LogP) is 4.44. The Bertz CT molecular complexity index is 781. The average Bonchev–Trinajstić information content (AvgIpc) is 3.24. The molecule has 1 fully saturated rings. The van der Waals surface area contributed by atoms with E-state index >= 15 is 0 Å². The highest BCUT2D eigenvalue weighted by Gasteiger charge is 2.31. The number of fused-ring (bicyclic) bond motifs is 1. The lowest BCUT2D eigenvalue weighted by Crippen LogP contribution is -2.34. The fraction of sp³-hybridized carbons (Fsp3) is 0.278. The Morgan fingerprint density at radius 1 is 1.17 bits per heavy atom. The molecule has 2 amide bonds. The first-order chi connectivity index (χ1) is 11.7. The first-order valence-corrected chi connectivity index (χ1v) is 8.32. The van der Waals surface area contributed by atoms with Crippen LogP contribution in [0.1, 0.15) is 24.4 Å². The van der Waals surface area contributed by atoms with E-state index in [1.807, 2.05) is 35.2 Å². The molecule has 0 bridgehead atoms. The van der Waals surface area contributed by atoms with Crippen LogP contribution in [0.5, 0.6) is 11.5 Å². The van der Waals surface area contributed by atoms with E-state index in [0.717, 1.165) is 18.4 Å². The van der Waals surface area contributed by atoms with E-state index in [1.165, 1.54) is 0 Å². The van der Waals surface area contributed by atoms with Crippen LogP contribution in [0.4, 0.5) is 10.5 Å². The second-order valence-corrected chi connectivity index (χ2v) is 6.28. The number of hydrogen-bond acceptors (Lipinski definition) is 3. The minimum Gasteiger partial charge on any atom is -0.454 e. The molecular weight excluding hydrogens is 328 g/mol. The number of benzene rings is 2. The van der Waals surface area contributed by atoms with Crippen LogP contribution in [0, 0.1) is 0 Å². The van der Waals surface area contributed by atoms with Gasteiger partial charge in [-0.3, -0.25) is 0 Å². The monoisotopic (exact) mass is 344 g/mol. The third-order valence-corrected chi connectivity index (χ3v) is 4.75. The Morgan fingerprint density at radius 3 is 2.88 bits per heavy atom. The van der Waals surface area contributed by atoms with Crippen molar-refractivity contribution >= 4 is 23.3 Å². The lowest BCUT2D eigenvalue weighted by atomic mass is 10.0. The topological polar surface area (TPSA) is 50.8 Å². The molecule has 0 aliphatic carbocycles. The van der Waals surface area contributed by atoms with Crippen molar-refractivity contribution in [3.63, 3.8) is 0 Å². The standard InChI is InChI=1S/C18H17ClN2O3/c19-14-5-2-1-4-13(14)15-6-3-9-21(15)18(22)20-12-7-8-16-17(10-12)24-11-23-16/h1-2,4-5,7-8,10,15H,3,6,9,11H2,(H,20,22)/t15-/m1/s1. The second kappa shape index (κ2) is 6.24. The number of nitrogens with one attached hydrogen (secondary N) is 1. The largest absolute Gasteiger partial charge is 0.454 e. The van der Waals surface area contributed by atoms with Gasteiger partial charge in [0.1, 0.15) is 0 Å². The summed E-state index contributed by atoms with van der Waals surface area (Å²) in [6, 6.07) is 13.0. The Labute approximate surface area is 145 Å². The summed E-state index contributed by atoms with van der Waals surface area (Å²) in [6.07, 6.45) is 1.88. The Hall–Kier alpha value is -2.40. The first-order valence-electron chi connectivity index (χ1n) is 7.94. The van der Waals surface area contributed by atoms with Crippen molar-refractivity contribution in [2.45, 2.75) is 18.9 Å². The summed E-state index contributed by atoms with van der Waals surface area (Å²) in [5, 5.41) is 3.64. The molecule has 1 N–H and O–H groups in total. The maximum absolute atomic E-state index is 12.7.